The van der Waals surface area contributed by atoms with Crippen molar-refractivity contribution in [2.24, 2.45) is 0 Å². The van der Waals surface area contributed by atoms with E-state index in [2.05, 4.69) is 61.8 Å². The molecular formula is C14H21N3S. The maximum atomic E-state index is 4.58. The molecule has 0 aliphatic carbocycles. The molecule has 0 bridgehead atoms. The van der Waals surface area contributed by atoms with Gasteiger partial charge in [-0.15, -0.1) is 11.3 Å². The van der Waals surface area contributed by atoms with Gasteiger partial charge in [-0.3, -0.25) is 4.68 Å². The molecule has 0 radical (unpaired) electrons. The van der Waals surface area contributed by atoms with Crippen LogP contribution >= 0.6 is 11.3 Å². The molecule has 0 aliphatic heterocycles. The second-order valence-corrected chi connectivity index (χ2v) is 6.32. The Hall–Kier alpha value is -1.29. The second kappa shape index (κ2) is 5.14. The third-order valence-corrected chi connectivity index (χ3v) is 4.05. The van der Waals surface area contributed by atoms with Crippen LogP contribution in [0.4, 0.5) is 5.69 Å². The van der Waals surface area contributed by atoms with Crippen LogP contribution in [0.2, 0.25) is 0 Å². The van der Waals surface area contributed by atoms with Crippen LogP contribution in [0.25, 0.3) is 0 Å². The molecule has 4 heteroatoms. The zero-order valence-electron chi connectivity index (χ0n) is 11.7. The van der Waals surface area contributed by atoms with E-state index in [-0.39, 0.29) is 0 Å². The molecule has 0 fully saturated rings. The number of nitrogens with one attached hydrogen (secondary N) is 1. The molecule has 0 saturated carbocycles. The van der Waals surface area contributed by atoms with Crippen molar-refractivity contribution in [3.63, 3.8) is 0 Å². The minimum absolute atomic E-state index is 0.406. The summed E-state index contributed by atoms with van der Waals surface area (Å²) < 4.78 is 2.08. The summed E-state index contributed by atoms with van der Waals surface area (Å²) in [6.07, 6.45) is 0. The predicted molar refractivity (Wildman–Crippen MR) is 78.5 cm³/mol. The summed E-state index contributed by atoms with van der Waals surface area (Å²) in [6, 6.07) is 4.76. The molecule has 0 saturated heterocycles. The quantitative estimate of drug-likeness (QED) is 0.901. The van der Waals surface area contributed by atoms with Crippen LogP contribution in [-0.4, -0.2) is 9.78 Å². The van der Waals surface area contributed by atoms with E-state index in [1.165, 1.54) is 21.1 Å². The average molecular weight is 263 g/mol. The van der Waals surface area contributed by atoms with Gasteiger partial charge in [0.1, 0.15) is 0 Å². The molecule has 0 unspecified atom stereocenters. The minimum Gasteiger partial charge on any atom is -0.377 e. The van der Waals surface area contributed by atoms with Crippen molar-refractivity contribution in [1.82, 2.24) is 9.78 Å². The number of hydrogen-bond donors (Lipinski definition) is 1. The highest BCUT2D eigenvalue weighted by Gasteiger charge is 2.13. The summed E-state index contributed by atoms with van der Waals surface area (Å²) in [6.45, 7) is 11.5. The van der Waals surface area contributed by atoms with Crippen molar-refractivity contribution < 1.29 is 0 Å². The van der Waals surface area contributed by atoms with Gasteiger partial charge in [-0.1, -0.05) is 0 Å². The highest BCUT2D eigenvalue weighted by atomic mass is 32.1. The number of rotatable bonds is 4. The Bertz CT molecular complexity index is 537. The highest BCUT2D eigenvalue weighted by molar-refractivity contribution is 7.11. The fourth-order valence-electron chi connectivity index (χ4n) is 2.18. The Morgan fingerprint density at radius 3 is 2.50 bits per heavy atom. The van der Waals surface area contributed by atoms with Crippen LogP contribution < -0.4 is 5.32 Å². The maximum absolute atomic E-state index is 4.58. The summed E-state index contributed by atoms with van der Waals surface area (Å²) >= 11 is 1.84. The fraction of sp³-hybridized carbons (Fsp3) is 0.500. The Morgan fingerprint density at radius 2 is 2.00 bits per heavy atom. The van der Waals surface area contributed by atoms with Gasteiger partial charge in [-0.2, -0.15) is 5.10 Å². The van der Waals surface area contributed by atoms with Crippen molar-refractivity contribution in [3.8, 4) is 0 Å². The number of thiophene rings is 1. The molecule has 0 atom stereocenters. The van der Waals surface area contributed by atoms with Crippen molar-refractivity contribution in [2.75, 3.05) is 5.32 Å². The van der Waals surface area contributed by atoms with Gasteiger partial charge in [-0.25, -0.2) is 0 Å². The van der Waals surface area contributed by atoms with E-state index in [0.29, 0.717) is 6.04 Å². The van der Waals surface area contributed by atoms with Gasteiger partial charge in [-0.05, 0) is 46.8 Å². The standard InChI is InChI=1S/C14H21N3S/c1-9(2)17-12(5)14(11(4)16-17)15-8-13-7-6-10(3)18-13/h6-7,9,15H,8H2,1-5H3. The number of nitrogens with zero attached hydrogens (tertiary/aromatic N) is 2. The van der Waals surface area contributed by atoms with Gasteiger partial charge in [0, 0.05) is 22.3 Å². The summed E-state index contributed by atoms with van der Waals surface area (Å²) in [7, 11) is 0. The van der Waals surface area contributed by atoms with Gasteiger partial charge >= 0.3 is 0 Å². The Morgan fingerprint density at radius 1 is 1.28 bits per heavy atom. The monoisotopic (exact) mass is 263 g/mol. The molecule has 1 N–H and O–H groups in total. The third-order valence-electron chi connectivity index (χ3n) is 3.05. The molecule has 2 aromatic heterocycles. The van der Waals surface area contributed by atoms with E-state index in [1.807, 2.05) is 11.3 Å². The van der Waals surface area contributed by atoms with Gasteiger partial charge in [0.15, 0.2) is 0 Å². The van der Waals surface area contributed by atoms with E-state index < -0.39 is 0 Å². The van der Waals surface area contributed by atoms with Crippen LogP contribution in [0, 0.1) is 20.8 Å². The summed E-state index contributed by atoms with van der Waals surface area (Å²) in [5.74, 6) is 0. The molecular weight excluding hydrogens is 242 g/mol. The van der Waals surface area contributed by atoms with Crippen molar-refractivity contribution >= 4 is 17.0 Å². The first-order valence-corrected chi connectivity index (χ1v) is 7.15. The average Bonchev–Trinajstić information content (AvgIpc) is 2.82. The van der Waals surface area contributed by atoms with Gasteiger partial charge in [0.2, 0.25) is 0 Å². The Balaban J connectivity index is 2.14. The lowest BCUT2D eigenvalue weighted by atomic mass is 10.3. The zero-order valence-corrected chi connectivity index (χ0v) is 12.6. The van der Waals surface area contributed by atoms with Gasteiger partial charge in [0.25, 0.3) is 0 Å². The highest BCUT2D eigenvalue weighted by Crippen LogP contribution is 2.24. The number of anilines is 1. The van der Waals surface area contributed by atoms with Gasteiger partial charge in [0.05, 0.1) is 17.1 Å². The summed E-state index contributed by atoms with van der Waals surface area (Å²) in [4.78, 5) is 2.72. The summed E-state index contributed by atoms with van der Waals surface area (Å²) in [5.41, 5.74) is 3.47. The molecule has 18 heavy (non-hydrogen) atoms. The number of aryl methyl sites for hydroxylation is 2. The minimum atomic E-state index is 0.406. The smallest absolute Gasteiger partial charge is 0.0828 e. The predicted octanol–water partition coefficient (Wildman–Crippen LogP) is 4.06. The Labute approximate surface area is 113 Å². The molecule has 2 heterocycles. The van der Waals surface area contributed by atoms with Crippen LogP contribution in [0.3, 0.4) is 0 Å². The first-order valence-electron chi connectivity index (χ1n) is 6.34. The normalized spacial score (nSPS) is 11.2. The SMILES string of the molecule is Cc1ccc(CNc2c(C)nn(C(C)C)c2C)s1. The second-order valence-electron chi connectivity index (χ2n) is 4.95. The van der Waals surface area contributed by atoms with E-state index >= 15 is 0 Å². The lowest BCUT2D eigenvalue weighted by Crippen LogP contribution is -2.05. The third kappa shape index (κ3) is 2.58. The van der Waals surface area contributed by atoms with Crippen molar-refractivity contribution in [3.05, 3.63) is 33.3 Å². The van der Waals surface area contributed by atoms with E-state index in [4.69, 9.17) is 0 Å². The lowest BCUT2D eigenvalue weighted by molar-refractivity contribution is 0.516. The van der Waals surface area contributed by atoms with Crippen LogP contribution in [0.1, 0.15) is 41.0 Å². The maximum Gasteiger partial charge on any atom is 0.0828 e. The fourth-order valence-corrected chi connectivity index (χ4v) is 3.01. The molecule has 2 aromatic rings. The van der Waals surface area contributed by atoms with Gasteiger partial charge < -0.3 is 5.32 Å². The van der Waals surface area contributed by atoms with Crippen molar-refractivity contribution in [1.29, 1.82) is 0 Å². The number of hydrogen-bond acceptors (Lipinski definition) is 3. The number of aromatic nitrogens is 2. The molecule has 2 rings (SSSR count). The molecule has 98 valence electrons. The van der Waals surface area contributed by atoms with Crippen molar-refractivity contribution in [2.45, 2.75) is 47.2 Å². The van der Waals surface area contributed by atoms with E-state index in [0.717, 1.165) is 12.2 Å². The molecule has 3 nitrogen and oxygen atoms in total. The Kier molecular flexibility index (Phi) is 3.76. The van der Waals surface area contributed by atoms with E-state index in [1.54, 1.807) is 0 Å². The van der Waals surface area contributed by atoms with Crippen LogP contribution in [0.5, 0.6) is 0 Å². The first kappa shape index (κ1) is 13.1. The molecule has 0 aromatic carbocycles. The first-order chi connectivity index (χ1) is 8.49. The molecule has 0 amide bonds. The van der Waals surface area contributed by atoms with Crippen LogP contribution in [-0.2, 0) is 6.54 Å². The van der Waals surface area contributed by atoms with E-state index in [9.17, 15) is 0 Å². The summed E-state index contributed by atoms with van der Waals surface area (Å²) in [5, 5.41) is 8.10. The largest absolute Gasteiger partial charge is 0.377 e. The topological polar surface area (TPSA) is 29.9 Å². The van der Waals surface area contributed by atoms with Crippen LogP contribution in [0.15, 0.2) is 12.1 Å². The molecule has 0 aliphatic rings. The zero-order chi connectivity index (χ0) is 13.3. The molecule has 0 spiro atoms. The lowest BCUT2D eigenvalue weighted by Gasteiger charge is -2.09.